The van der Waals surface area contributed by atoms with Crippen LogP contribution in [-0.4, -0.2) is 58.4 Å². The number of benzene rings is 1. The first-order chi connectivity index (χ1) is 13.7. The molecule has 1 N–H and O–H groups in total. The van der Waals surface area contributed by atoms with E-state index in [9.17, 15) is 18.3 Å². The lowest BCUT2D eigenvalue weighted by molar-refractivity contribution is 0.0697. The molecule has 3 rings (SSSR count). The van der Waals surface area contributed by atoms with Gasteiger partial charge in [-0.05, 0) is 31.2 Å². The van der Waals surface area contributed by atoms with E-state index in [-0.39, 0.29) is 34.7 Å². The SMILES string of the molecule is C=CCOc1cccc2c1nc(-c1nc(C)ccc1C(=O)O)n2S(=O)(=O)N(C)C. The van der Waals surface area contributed by atoms with Crippen molar-refractivity contribution in [3.05, 3.63) is 54.2 Å². The van der Waals surface area contributed by atoms with Crippen LogP contribution >= 0.6 is 0 Å². The Morgan fingerprint density at radius 1 is 1.28 bits per heavy atom. The molecule has 0 radical (unpaired) electrons. The van der Waals surface area contributed by atoms with Gasteiger partial charge in [0.2, 0.25) is 0 Å². The van der Waals surface area contributed by atoms with Gasteiger partial charge in [-0.2, -0.15) is 12.7 Å². The van der Waals surface area contributed by atoms with Gasteiger partial charge in [0.1, 0.15) is 23.6 Å². The molecule has 10 heteroatoms. The van der Waals surface area contributed by atoms with Crippen LogP contribution < -0.4 is 4.74 Å². The Morgan fingerprint density at radius 3 is 2.62 bits per heavy atom. The number of para-hydroxylation sites is 1. The Kier molecular flexibility index (Phi) is 5.40. The lowest BCUT2D eigenvalue weighted by Gasteiger charge is -2.16. The van der Waals surface area contributed by atoms with Crippen molar-refractivity contribution in [1.29, 1.82) is 0 Å². The van der Waals surface area contributed by atoms with E-state index in [4.69, 9.17) is 4.74 Å². The van der Waals surface area contributed by atoms with Crippen LogP contribution in [0.2, 0.25) is 0 Å². The number of carbonyl (C=O) groups is 1. The van der Waals surface area contributed by atoms with Crippen molar-refractivity contribution in [2.24, 2.45) is 0 Å². The minimum absolute atomic E-state index is 0.0474. The zero-order chi connectivity index (χ0) is 21.3. The summed E-state index contributed by atoms with van der Waals surface area (Å²) in [6, 6.07) is 7.77. The molecule has 0 unspecified atom stereocenters. The third-order valence-corrected chi connectivity index (χ3v) is 5.89. The molecule has 3 aromatic rings. The van der Waals surface area contributed by atoms with Crippen LogP contribution in [0.1, 0.15) is 16.1 Å². The van der Waals surface area contributed by atoms with E-state index in [2.05, 4.69) is 16.5 Å². The summed E-state index contributed by atoms with van der Waals surface area (Å²) in [6.07, 6.45) is 1.55. The van der Waals surface area contributed by atoms with Crippen LogP contribution in [0.25, 0.3) is 22.6 Å². The first-order valence-corrected chi connectivity index (χ1v) is 9.97. The molecule has 0 amide bonds. The molecule has 2 heterocycles. The standard InChI is InChI=1S/C19H20N4O5S/c1-5-11-28-15-8-6-7-14-17(15)21-18(23(14)29(26,27)22(3)4)16-13(19(24)25)10-9-12(2)20-16/h5-10H,1,11H2,2-4H3,(H,24,25). The summed E-state index contributed by atoms with van der Waals surface area (Å²) >= 11 is 0. The molecule has 0 saturated carbocycles. The fraction of sp³-hybridized carbons (Fsp3) is 0.211. The molecule has 0 bridgehead atoms. The largest absolute Gasteiger partial charge is 0.487 e. The minimum Gasteiger partial charge on any atom is -0.487 e. The van der Waals surface area contributed by atoms with Gasteiger partial charge in [0.05, 0.1) is 11.1 Å². The number of pyridine rings is 1. The Morgan fingerprint density at radius 2 is 2.00 bits per heavy atom. The second-order valence-electron chi connectivity index (χ2n) is 6.37. The van der Waals surface area contributed by atoms with Gasteiger partial charge in [0.25, 0.3) is 0 Å². The van der Waals surface area contributed by atoms with Gasteiger partial charge in [-0.25, -0.2) is 18.7 Å². The monoisotopic (exact) mass is 416 g/mol. The number of rotatable bonds is 7. The van der Waals surface area contributed by atoms with Crippen LogP contribution in [0.15, 0.2) is 43.0 Å². The van der Waals surface area contributed by atoms with Crippen LogP contribution in [-0.2, 0) is 10.2 Å². The molecule has 0 aliphatic rings. The van der Waals surface area contributed by atoms with E-state index in [1.807, 2.05) is 0 Å². The number of carboxylic acids is 1. The average molecular weight is 416 g/mol. The highest BCUT2D eigenvalue weighted by molar-refractivity contribution is 7.87. The Labute approximate surface area is 168 Å². The van der Waals surface area contributed by atoms with Crippen molar-refractivity contribution < 1.29 is 23.1 Å². The van der Waals surface area contributed by atoms with Gasteiger partial charge in [-0.3, -0.25) is 0 Å². The Balaban J connectivity index is 2.46. The quantitative estimate of drug-likeness (QED) is 0.588. The first-order valence-electron chi connectivity index (χ1n) is 8.58. The fourth-order valence-corrected chi connectivity index (χ4v) is 3.83. The zero-order valence-electron chi connectivity index (χ0n) is 16.2. The van der Waals surface area contributed by atoms with Gasteiger partial charge >= 0.3 is 16.2 Å². The summed E-state index contributed by atoms with van der Waals surface area (Å²) in [5.41, 5.74) is 0.835. The van der Waals surface area contributed by atoms with Crippen molar-refractivity contribution in [1.82, 2.24) is 18.2 Å². The maximum Gasteiger partial charge on any atom is 0.338 e. The highest BCUT2D eigenvalue weighted by atomic mass is 32.2. The molecule has 0 saturated heterocycles. The molecule has 0 aliphatic heterocycles. The first kappa shape index (κ1) is 20.5. The van der Waals surface area contributed by atoms with E-state index in [1.165, 1.54) is 20.2 Å². The van der Waals surface area contributed by atoms with E-state index in [0.717, 1.165) is 8.28 Å². The van der Waals surface area contributed by atoms with Gasteiger partial charge < -0.3 is 9.84 Å². The summed E-state index contributed by atoms with van der Waals surface area (Å²) in [6.45, 7) is 5.48. The number of aryl methyl sites for hydroxylation is 1. The van der Waals surface area contributed by atoms with Gasteiger partial charge in [-0.15, -0.1) is 0 Å². The van der Waals surface area contributed by atoms with Crippen molar-refractivity contribution >= 4 is 27.2 Å². The molecule has 0 spiro atoms. The number of aromatic nitrogens is 3. The number of hydrogen-bond acceptors (Lipinski definition) is 6. The van der Waals surface area contributed by atoms with Gasteiger partial charge in [-0.1, -0.05) is 18.7 Å². The highest BCUT2D eigenvalue weighted by Gasteiger charge is 2.29. The van der Waals surface area contributed by atoms with E-state index < -0.39 is 16.2 Å². The normalized spacial score (nSPS) is 11.7. The number of imidazole rings is 1. The molecule has 152 valence electrons. The number of hydrogen-bond donors (Lipinski definition) is 1. The number of ether oxygens (including phenoxy) is 1. The molecule has 2 aromatic heterocycles. The maximum atomic E-state index is 13.1. The predicted molar refractivity (Wildman–Crippen MR) is 108 cm³/mol. The summed E-state index contributed by atoms with van der Waals surface area (Å²) in [4.78, 5) is 20.5. The molecular weight excluding hydrogens is 396 g/mol. The van der Waals surface area contributed by atoms with Crippen molar-refractivity contribution in [2.75, 3.05) is 20.7 Å². The van der Waals surface area contributed by atoms with Crippen LogP contribution in [0.4, 0.5) is 0 Å². The Hall–Kier alpha value is -3.24. The predicted octanol–water partition coefficient (Wildman–Crippen LogP) is 2.32. The topological polar surface area (TPSA) is 115 Å². The fourth-order valence-electron chi connectivity index (χ4n) is 2.76. The summed E-state index contributed by atoms with van der Waals surface area (Å²) < 4.78 is 33.8. The lowest BCUT2D eigenvalue weighted by Crippen LogP contribution is -2.29. The number of aromatic carboxylic acids is 1. The molecule has 9 nitrogen and oxygen atoms in total. The van der Waals surface area contributed by atoms with Crippen molar-refractivity contribution in [3.63, 3.8) is 0 Å². The zero-order valence-corrected chi connectivity index (χ0v) is 17.0. The highest BCUT2D eigenvalue weighted by Crippen LogP contribution is 2.33. The molecular formula is C19H20N4O5S. The second-order valence-corrected chi connectivity index (χ2v) is 8.36. The Bertz CT molecular complexity index is 1210. The molecule has 0 aliphatic carbocycles. The minimum atomic E-state index is -4.05. The van der Waals surface area contributed by atoms with Crippen LogP contribution in [0.5, 0.6) is 5.75 Å². The number of nitrogens with zero attached hydrogens (tertiary/aromatic N) is 4. The van der Waals surface area contributed by atoms with E-state index >= 15 is 0 Å². The summed E-state index contributed by atoms with van der Waals surface area (Å²) in [7, 11) is -1.29. The van der Waals surface area contributed by atoms with Crippen LogP contribution in [0.3, 0.4) is 0 Å². The summed E-state index contributed by atoms with van der Waals surface area (Å²) in [5, 5.41) is 9.59. The van der Waals surface area contributed by atoms with Gasteiger partial charge in [0.15, 0.2) is 5.82 Å². The second kappa shape index (κ2) is 7.64. The number of fused-ring (bicyclic) bond motifs is 1. The number of carboxylic acid groups (broad SMARTS) is 1. The van der Waals surface area contributed by atoms with Crippen molar-refractivity contribution in [3.8, 4) is 17.3 Å². The smallest absolute Gasteiger partial charge is 0.338 e. The maximum absolute atomic E-state index is 13.1. The van der Waals surface area contributed by atoms with Crippen molar-refractivity contribution in [2.45, 2.75) is 6.92 Å². The molecule has 0 fully saturated rings. The van der Waals surface area contributed by atoms with Crippen LogP contribution in [0, 0.1) is 6.92 Å². The molecule has 1 aromatic carbocycles. The van der Waals surface area contributed by atoms with Gasteiger partial charge in [0, 0.05) is 19.8 Å². The summed E-state index contributed by atoms with van der Waals surface area (Å²) in [5.74, 6) is -0.998. The van der Waals surface area contributed by atoms with E-state index in [1.54, 1.807) is 37.3 Å². The molecule has 29 heavy (non-hydrogen) atoms. The third-order valence-electron chi connectivity index (χ3n) is 4.13. The van der Waals surface area contributed by atoms with E-state index in [0.29, 0.717) is 11.4 Å². The lowest BCUT2D eigenvalue weighted by atomic mass is 10.1. The average Bonchev–Trinajstić information content (AvgIpc) is 3.06. The third kappa shape index (κ3) is 3.59. The molecule has 0 atom stereocenters.